The van der Waals surface area contributed by atoms with Gasteiger partial charge in [-0.3, -0.25) is 0 Å². The standard InChI is InChI=1S/C19H28N4O5/c20-13-1-3-19(17(9-13)23-6-8-25)28-15(11-26)12-27-18-4-2-14(10-16(18)21)22-5-7-24/h1-4,9-10,15,22-26H,5-8,11-12,20-21H2. The molecule has 9 N–H and O–H groups in total. The third-order valence-corrected chi connectivity index (χ3v) is 3.80. The average molecular weight is 392 g/mol. The summed E-state index contributed by atoms with van der Waals surface area (Å²) in [6, 6.07) is 10.3. The first-order chi connectivity index (χ1) is 13.6. The third-order valence-electron chi connectivity index (χ3n) is 3.80. The van der Waals surface area contributed by atoms with Gasteiger partial charge in [0.2, 0.25) is 0 Å². The lowest BCUT2D eigenvalue weighted by Crippen LogP contribution is -2.29. The summed E-state index contributed by atoms with van der Waals surface area (Å²) in [7, 11) is 0. The molecule has 9 heteroatoms. The highest BCUT2D eigenvalue weighted by Crippen LogP contribution is 2.29. The number of nitrogens with one attached hydrogen (secondary N) is 2. The Morgan fingerprint density at radius 2 is 1.61 bits per heavy atom. The largest absolute Gasteiger partial charge is 0.487 e. The normalized spacial score (nSPS) is 11.7. The number of aliphatic hydroxyl groups is 3. The van der Waals surface area contributed by atoms with Crippen LogP contribution in [0.3, 0.4) is 0 Å². The van der Waals surface area contributed by atoms with E-state index in [9.17, 15) is 5.11 Å². The Balaban J connectivity index is 1.99. The first-order valence-electron chi connectivity index (χ1n) is 8.96. The van der Waals surface area contributed by atoms with Gasteiger partial charge in [-0.05, 0) is 36.4 Å². The molecular formula is C19H28N4O5. The second-order valence-corrected chi connectivity index (χ2v) is 6.04. The van der Waals surface area contributed by atoms with Crippen LogP contribution < -0.4 is 31.6 Å². The fourth-order valence-corrected chi connectivity index (χ4v) is 2.46. The van der Waals surface area contributed by atoms with Crippen molar-refractivity contribution in [1.82, 2.24) is 0 Å². The Bertz CT molecular complexity index is 744. The number of nitrogen functional groups attached to an aromatic ring is 2. The molecule has 154 valence electrons. The fraction of sp³-hybridized carbons (Fsp3) is 0.368. The van der Waals surface area contributed by atoms with Gasteiger partial charge in [-0.1, -0.05) is 0 Å². The van der Waals surface area contributed by atoms with Crippen molar-refractivity contribution in [3.63, 3.8) is 0 Å². The minimum absolute atomic E-state index is 0.0218. The number of ether oxygens (including phenoxy) is 2. The molecule has 2 rings (SSSR count). The van der Waals surface area contributed by atoms with E-state index in [2.05, 4.69) is 10.6 Å². The van der Waals surface area contributed by atoms with Crippen molar-refractivity contribution in [2.75, 3.05) is 61.6 Å². The Hall–Kier alpha value is -2.88. The summed E-state index contributed by atoms with van der Waals surface area (Å²) < 4.78 is 11.5. The maximum Gasteiger partial charge on any atom is 0.156 e. The van der Waals surface area contributed by atoms with E-state index in [0.717, 1.165) is 5.69 Å². The van der Waals surface area contributed by atoms with Crippen molar-refractivity contribution in [3.8, 4) is 11.5 Å². The Labute approximate surface area is 163 Å². The van der Waals surface area contributed by atoms with E-state index < -0.39 is 6.10 Å². The molecular weight excluding hydrogens is 364 g/mol. The lowest BCUT2D eigenvalue weighted by molar-refractivity contribution is 0.0726. The molecule has 0 aliphatic rings. The van der Waals surface area contributed by atoms with Crippen LogP contribution in [0.2, 0.25) is 0 Å². The molecule has 0 bridgehead atoms. The number of benzene rings is 2. The van der Waals surface area contributed by atoms with Crippen molar-refractivity contribution in [2.24, 2.45) is 0 Å². The first-order valence-corrected chi connectivity index (χ1v) is 8.96. The van der Waals surface area contributed by atoms with Crippen molar-refractivity contribution < 1.29 is 24.8 Å². The molecule has 0 heterocycles. The van der Waals surface area contributed by atoms with Gasteiger partial charge in [0.05, 0.1) is 31.2 Å². The molecule has 1 unspecified atom stereocenters. The quantitative estimate of drug-likeness (QED) is 0.255. The highest BCUT2D eigenvalue weighted by atomic mass is 16.5. The van der Waals surface area contributed by atoms with E-state index >= 15 is 0 Å². The Kier molecular flexibility index (Phi) is 8.47. The maximum absolute atomic E-state index is 9.64. The van der Waals surface area contributed by atoms with Crippen molar-refractivity contribution in [1.29, 1.82) is 0 Å². The zero-order valence-corrected chi connectivity index (χ0v) is 15.6. The van der Waals surface area contributed by atoms with Gasteiger partial charge in [-0.15, -0.1) is 0 Å². The Morgan fingerprint density at radius 3 is 2.29 bits per heavy atom. The average Bonchev–Trinajstić information content (AvgIpc) is 2.70. The van der Waals surface area contributed by atoms with Crippen LogP contribution in [0.25, 0.3) is 0 Å². The molecule has 9 nitrogen and oxygen atoms in total. The number of anilines is 4. The van der Waals surface area contributed by atoms with Gasteiger partial charge in [0.1, 0.15) is 18.1 Å². The molecule has 0 amide bonds. The van der Waals surface area contributed by atoms with Gasteiger partial charge in [0.25, 0.3) is 0 Å². The monoisotopic (exact) mass is 392 g/mol. The van der Waals surface area contributed by atoms with Crippen LogP contribution in [-0.4, -0.2) is 60.9 Å². The van der Waals surface area contributed by atoms with Gasteiger partial charge >= 0.3 is 0 Å². The molecule has 0 fully saturated rings. The van der Waals surface area contributed by atoms with E-state index in [0.29, 0.717) is 41.7 Å². The molecule has 0 saturated carbocycles. The summed E-state index contributed by atoms with van der Waals surface area (Å²) in [6.07, 6.45) is -0.634. The van der Waals surface area contributed by atoms with Crippen LogP contribution in [0.15, 0.2) is 36.4 Å². The minimum atomic E-state index is -0.634. The molecule has 0 aromatic heterocycles. The molecule has 0 radical (unpaired) electrons. The van der Waals surface area contributed by atoms with E-state index in [-0.39, 0.29) is 26.4 Å². The van der Waals surface area contributed by atoms with Crippen LogP contribution in [0, 0.1) is 0 Å². The molecule has 0 spiro atoms. The zero-order valence-electron chi connectivity index (χ0n) is 15.6. The minimum Gasteiger partial charge on any atom is -0.487 e. The van der Waals surface area contributed by atoms with Gasteiger partial charge in [-0.25, -0.2) is 0 Å². The summed E-state index contributed by atoms with van der Waals surface area (Å²) in [5.74, 6) is 0.953. The number of aliphatic hydroxyl groups excluding tert-OH is 3. The molecule has 28 heavy (non-hydrogen) atoms. The molecule has 0 aliphatic carbocycles. The molecule has 1 atom stereocenters. The predicted molar refractivity (Wildman–Crippen MR) is 110 cm³/mol. The van der Waals surface area contributed by atoms with Crippen molar-refractivity contribution in [2.45, 2.75) is 6.10 Å². The number of nitrogens with two attached hydrogens (primary N) is 2. The lowest BCUT2D eigenvalue weighted by atomic mass is 10.2. The van der Waals surface area contributed by atoms with E-state index in [1.54, 1.807) is 36.4 Å². The summed E-state index contributed by atoms with van der Waals surface area (Å²) in [4.78, 5) is 0. The summed E-state index contributed by atoms with van der Waals surface area (Å²) >= 11 is 0. The lowest BCUT2D eigenvalue weighted by Gasteiger charge is -2.21. The van der Waals surface area contributed by atoms with E-state index in [1.807, 2.05) is 0 Å². The van der Waals surface area contributed by atoms with Crippen molar-refractivity contribution >= 4 is 22.7 Å². The second kappa shape index (κ2) is 11.1. The number of hydrogen-bond acceptors (Lipinski definition) is 9. The topological polar surface area (TPSA) is 155 Å². The van der Waals surface area contributed by atoms with Crippen LogP contribution >= 0.6 is 0 Å². The van der Waals surface area contributed by atoms with Gasteiger partial charge in [0, 0.05) is 24.5 Å². The van der Waals surface area contributed by atoms with Crippen LogP contribution in [-0.2, 0) is 0 Å². The maximum atomic E-state index is 9.64. The number of rotatable bonds is 12. The molecule has 0 aliphatic heterocycles. The highest BCUT2D eigenvalue weighted by molar-refractivity contribution is 5.64. The predicted octanol–water partition coefficient (Wildman–Crippen LogP) is 0.478. The van der Waals surface area contributed by atoms with E-state index in [1.165, 1.54) is 0 Å². The zero-order chi connectivity index (χ0) is 20.4. The number of hydrogen-bond donors (Lipinski definition) is 7. The smallest absolute Gasteiger partial charge is 0.156 e. The third kappa shape index (κ3) is 6.38. The summed E-state index contributed by atoms with van der Waals surface area (Å²) in [6.45, 7) is 0.562. The Morgan fingerprint density at radius 1 is 0.893 bits per heavy atom. The van der Waals surface area contributed by atoms with Gasteiger partial charge < -0.3 is 46.9 Å². The van der Waals surface area contributed by atoms with Crippen molar-refractivity contribution in [3.05, 3.63) is 36.4 Å². The van der Waals surface area contributed by atoms with Crippen LogP contribution in [0.1, 0.15) is 0 Å². The summed E-state index contributed by atoms with van der Waals surface area (Å²) in [5.41, 5.74) is 14.1. The van der Waals surface area contributed by atoms with Crippen LogP contribution in [0.5, 0.6) is 11.5 Å². The van der Waals surface area contributed by atoms with Crippen LogP contribution in [0.4, 0.5) is 22.7 Å². The molecule has 2 aromatic carbocycles. The SMILES string of the molecule is Nc1ccc(OC(CO)COc2ccc(NCCO)cc2N)c(NCCO)c1. The summed E-state index contributed by atoms with van der Waals surface area (Å²) in [5, 5.41) is 33.5. The molecule has 2 aromatic rings. The first kappa shape index (κ1) is 21.4. The second-order valence-electron chi connectivity index (χ2n) is 6.04. The highest BCUT2D eigenvalue weighted by Gasteiger charge is 2.14. The van der Waals surface area contributed by atoms with E-state index in [4.69, 9.17) is 31.2 Å². The fourth-order valence-electron chi connectivity index (χ4n) is 2.46. The van der Waals surface area contributed by atoms with Gasteiger partial charge in [-0.2, -0.15) is 0 Å². The molecule has 0 saturated heterocycles. The van der Waals surface area contributed by atoms with Gasteiger partial charge in [0.15, 0.2) is 6.10 Å².